The molecule has 1 aromatic carbocycles. The molecule has 1 unspecified atom stereocenters. The fourth-order valence-electron chi connectivity index (χ4n) is 2.63. The first-order chi connectivity index (χ1) is 8.91. The lowest BCUT2D eigenvalue weighted by molar-refractivity contribution is -0.144. The molecule has 1 heterocycles. The molecule has 1 aromatic rings. The van der Waals surface area contributed by atoms with E-state index in [1.165, 1.54) is 6.92 Å². The molecule has 0 spiro atoms. The third-order valence-electron chi connectivity index (χ3n) is 3.74. The van der Waals surface area contributed by atoms with Crippen LogP contribution in [0.1, 0.15) is 31.4 Å². The maximum atomic E-state index is 11.7. The van der Waals surface area contributed by atoms with Crippen LogP contribution in [0.4, 0.5) is 5.69 Å². The number of rotatable bonds is 2. The number of aryl methyl sites for hydroxylation is 1. The molecule has 0 radical (unpaired) electrons. The maximum absolute atomic E-state index is 11.7. The normalized spacial score (nSPS) is 21.9. The molecule has 2 rings (SSSR count). The van der Waals surface area contributed by atoms with Crippen LogP contribution >= 0.6 is 0 Å². The van der Waals surface area contributed by atoms with Gasteiger partial charge in [-0.15, -0.1) is 0 Å². The molecule has 1 aliphatic heterocycles. The topological polar surface area (TPSA) is 83.6 Å². The Morgan fingerprint density at radius 1 is 1.47 bits per heavy atom. The zero-order valence-corrected chi connectivity index (χ0v) is 11.1. The van der Waals surface area contributed by atoms with E-state index in [2.05, 4.69) is 0 Å². The smallest absolute Gasteiger partial charge is 0.328 e. The van der Waals surface area contributed by atoms with Gasteiger partial charge in [0.2, 0.25) is 5.91 Å². The lowest BCUT2D eigenvalue weighted by Crippen LogP contribution is -2.52. The third-order valence-corrected chi connectivity index (χ3v) is 3.74. The summed E-state index contributed by atoms with van der Waals surface area (Å²) in [5, 5.41) is 9.40. The second-order valence-electron chi connectivity index (χ2n) is 4.86. The number of carboxylic acids is 1. The Morgan fingerprint density at radius 3 is 2.68 bits per heavy atom. The van der Waals surface area contributed by atoms with Crippen LogP contribution in [0.5, 0.6) is 0 Å². The van der Waals surface area contributed by atoms with Crippen molar-refractivity contribution in [1.29, 1.82) is 0 Å². The predicted octanol–water partition coefficient (Wildman–Crippen LogP) is 1.24. The van der Waals surface area contributed by atoms with Crippen LogP contribution in [-0.4, -0.2) is 23.5 Å². The van der Waals surface area contributed by atoms with E-state index >= 15 is 0 Å². The van der Waals surface area contributed by atoms with E-state index in [0.717, 1.165) is 12.0 Å². The quantitative estimate of drug-likeness (QED) is 0.840. The third kappa shape index (κ3) is 2.00. The van der Waals surface area contributed by atoms with Gasteiger partial charge in [-0.1, -0.05) is 25.1 Å². The number of carbonyl (C=O) groups is 2. The number of para-hydroxylation sites is 1. The minimum absolute atomic E-state index is 0.0883. The fraction of sp³-hybridized carbons (Fsp3) is 0.429. The predicted molar refractivity (Wildman–Crippen MR) is 72.0 cm³/mol. The average Bonchev–Trinajstić information content (AvgIpc) is 2.38. The average molecular weight is 262 g/mol. The molecule has 0 fully saturated rings. The fourth-order valence-corrected chi connectivity index (χ4v) is 2.63. The lowest BCUT2D eigenvalue weighted by Gasteiger charge is -2.39. The summed E-state index contributed by atoms with van der Waals surface area (Å²) in [6.07, 6.45) is 0.949. The number of nitrogens with zero attached hydrogens (tertiary/aromatic N) is 1. The maximum Gasteiger partial charge on any atom is 0.328 e. The molecule has 19 heavy (non-hydrogen) atoms. The van der Waals surface area contributed by atoms with Crippen molar-refractivity contribution in [3.63, 3.8) is 0 Å². The van der Waals surface area contributed by atoms with Gasteiger partial charge in [0.25, 0.3) is 0 Å². The van der Waals surface area contributed by atoms with Crippen molar-refractivity contribution in [3.05, 3.63) is 29.3 Å². The Kier molecular flexibility index (Phi) is 3.32. The van der Waals surface area contributed by atoms with E-state index in [1.807, 2.05) is 13.0 Å². The zero-order valence-electron chi connectivity index (χ0n) is 11.1. The highest BCUT2D eigenvalue weighted by atomic mass is 16.4. The van der Waals surface area contributed by atoms with Gasteiger partial charge in [-0.25, -0.2) is 4.79 Å². The monoisotopic (exact) mass is 262 g/mol. The van der Waals surface area contributed by atoms with E-state index in [4.69, 9.17) is 5.73 Å². The Hall–Kier alpha value is -1.88. The molecule has 0 aromatic heterocycles. The molecule has 1 amide bonds. The molecule has 102 valence electrons. The number of aliphatic carboxylic acids is 1. The summed E-state index contributed by atoms with van der Waals surface area (Å²) in [7, 11) is 0. The lowest BCUT2D eigenvalue weighted by atomic mass is 9.81. The first-order valence-corrected chi connectivity index (χ1v) is 6.34. The number of nitrogens with two attached hydrogens (primary N) is 1. The van der Waals surface area contributed by atoms with Crippen molar-refractivity contribution in [3.8, 4) is 0 Å². The van der Waals surface area contributed by atoms with Gasteiger partial charge in [-0.2, -0.15) is 0 Å². The number of benzene rings is 1. The van der Waals surface area contributed by atoms with Crippen LogP contribution in [0, 0.1) is 0 Å². The van der Waals surface area contributed by atoms with Crippen molar-refractivity contribution in [2.24, 2.45) is 5.73 Å². The van der Waals surface area contributed by atoms with Gasteiger partial charge < -0.3 is 15.7 Å². The van der Waals surface area contributed by atoms with Gasteiger partial charge in [0, 0.05) is 19.0 Å². The highest BCUT2D eigenvalue weighted by molar-refractivity contribution is 5.97. The summed E-state index contributed by atoms with van der Waals surface area (Å²) in [4.78, 5) is 24.9. The molecule has 0 saturated carbocycles. The van der Waals surface area contributed by atoms with Gasteiger partial charge in [-0.3, -0.25) is 4.79 Å². The summed E-state index contributed by atoms with van der Waals surface area (Å²) in [5.74, 6) is -1.14. The van der Waals surface area contributed by atoms with Crippen LogP contribution in [0.25, 0.3) is 0 Å². The van der Waals surface area contributed by atoms with Crippen molar-refractivity contribution < 1.29 is 14.7 Å². The summed E-state index contributed by atoms with van der Waals surface area (Å²) < 4.78 is 0. The largest absolute Gasteiger partial charge is 0.480 e. The molecule has 0 bridgehead atoms. The van der Waals surface area contributed by atoms with Crippen LogP contribution in [0.2, 0.25) is 0 Å². The molecule has 1 aliphatic rings. The van der Waals surface area contributed by atoms with Gasteiger partial charge in [-0.05, 0) is 18.4 Å². The Bertz CT molecular complexity index is 541. The minimum atomic E-state index is -1.41. The van der Waals surface area contributed by atoms with Gasteiger partial charge in [0.15, 0.2) is 0 Å². The highest BCUT2D eigenvalue weighted by Gasteiger charge is 2.43. The number of carbonyl (C=O) groups excluding carboxylic acids is 1. The second-order valence-corrected chi connectivity index (χ2v) is 4.86. The number of carboxylic acid groups (broad SMARTS) is 1. The van der Waals surface area contributed by atoms with E-state index in [0.29, 0.717) is 17.8 Å². The van der Waals surface area contributed by atoms with Crippen LogP contribution in [-0.2, 0) is 21.5 Å². The summed E-state index contributed by atoms with van der Waals surface area (Å²) in [6, 6.07) is 5.41. The van der Waals surface area contributed by atoms with E-state index in [1.54, 1.807) is 17.0 Å². The number of fused-ring (bicyclic) bond motifs is 1. The SMILES string of the molecule is CCc1cccc2c1N(C(C)=O)CCC2(N)C(=O)O. The molecule has 0 saturated heterocycles. The summed E-state index contributed by atoms with van der Waals surface area (Å²) >= 11 is 0. The van der Waals surface area contributed by atoms with E-state index in [9.17, 15) is 14.7 Å². The molecule has 1 atom stereocenters. The van der Waals surface area contributed by atoms with Gasteiger partial charge in [0.05, 0.1) is 5.69 Å². The minimum Gasteiger partial charge on any atom is -0.480 e. The molecular weight excluding hydrogens is 244 g/mol. The Morgan fingerprint density at radius 2 is 2.16 bits per heavy atom. The van der Waals surface area contributed by atoms with Crippen molar-refractivity contribution in [1.82, 2.24) is 0 Å². The van der Waals surface area contributed by atoms with Gasteiger partial charge >= 0.3 is 5.97 Å². The Labute approximate surface area is 112 Å². The van der Waals surface area contributed by atoms with Crippen LogP contribution in [0.3, 0.4) is 0 Å². The Balaban J connectivity index is 2.69. The van der Waals surface area contributed by atoms with Crippen LogP contribution in [0.15, 0.2) is 18.2 Å². The molecule has 3 N–H and O–H groups in total. The van der Waals surface area contributed by atoms with Gasteiger partial charge in [0.1, 0.15) is 5.54 Å². The molecule has 5 heteroatoms. The number of hydrogen-bond acceptors (Lipinski definition) is 3. The standard InChI is InChI=1S/C14H18N2O3/c1-3-10-5-4-6-11-12(10)16(9(2)17)8-7-14(11,15)13(18)19/h4-6H,3,7-8,15H2,1-2H3,(H,18,19). The first-order valence-electron chi connectivity index (χ1n) is 6.34. The summed E-state index contributed by atoms with van der Waals surface area (Å²) in [5.41, 5.74) is 6.80. The van der Waals surface area contributed by atoms with Crippen molar-refractivity contribution in [2.75, 3.05) is 11.4 Å². The molecule has 5 nitrogen and oxygen atoms in total. The second kappa shape index (κ2) is 4.66. The van der Waals surface area contributed by atoms with E-state index < -0.39 is 11.5 Å². The molecule has 0 aliphatic carbocycles. The van der Waals surface area contributed by atoms with E-state index in [-0.39, 0.29) is 12.3 Å². The number of anilines is 1. The zero-order chi connectivity index (χ0) is 14.2. The van der Waals surface area contributed by atoms with Crippen LogP contribution < -0.4 is 10.6 Å². The summed E-state index contributed by atoms with van der Waals surface area (Å²) in [6.45, 7) is 3.80. The van der Waals surface area contributed by atoms with Crippen molar-refractivity contribution >= 4 is 17.6 Å². The number of amides is 1. The highest BCUT2D eigenvalue weighted by Crippen LogP contribution is 2.39. The first kappa shape index (κ1) is 13.5. The number of hydrogen-bond donors (Lipinski definition) is 2. The molecular formula is C14H18N2O3. The van der Waals surface area contributed by atoms with Crippen molar-refractivity contribution in [2.45, 2.75) is 32.2 Å².